The fourth-order valence-electron chi connectivity index (χ4n) is 3.50. The van der Waals surface area contributed by atoms with Gasteiger partial charge in [-0.3, -0.25) is 14.9 Å². The van der Waals surface area contributed by atoms with Crippen LogP contribution in [0.4, 0.5) is 11.5 Å². The molecule has 0 aromatic carbocycles. The van der Waals surface area contributed by atoms with Gasteiger partial charge in [0, 0.05) is 24.2 Å². The molecule has 0 spiro atoms. The number of nitrogens with two attached hydrogens (primary N) is 2. The molecule has 2 aliphatic heterocycles. The third kappa shape index (κ3) is 2.31. The predicted octanol–water partition coefficient (Wildman–Crippen LogP) is 0.547. The summed E-state index contributed by atoms with van der Waals surface area (Å²) < 4.78 is 0. The van der Waals surface area contributed by atoms with Gasteiger partial charge in [-0.2, -0.15) is 0 Å². The number of rotatable bonds is 3. The Balaban J connectivity index is 2.02. The molecule has 2 saturated heterocycles. The minimum Gasteiger partial charge on any atom is -0.365 e. The van der Waals surface area contributed by atoms with E-state index in [0.29, 0.717) is 5.82 Å². The van der Waals surface area contributed by atoms with Gasteiger partial charge in [0.25, 0.3) is 11.6 Å². The molecule has 2 atom stereocenters. The Morgan fingerprint density at radius 2 is 2.00 bits per heavy atom. The minimum absolute atomic E-state index is 0.108. The van der Waals surface area contributed by atoms with Crippen LogP contribution in [0, 0.1) is 10.1 Å². The molecule has 0 saturated carbocycles. The number of amides is 1. The highest BCUT2D eigenvalue weighted by molar-refractivity contribution is 5.98. The Morgan fingerprint density at radius 3 is 2.52 bits per heavy atom. The SMILES string of the molecule is NC(=O)c1cc([N+](=O)[O-])cnc1N1C2CCC1CC(N)C2. The summed E-state index contributed by atoms with van der Waals surface area (Å²) in [5.74, 6) is -0.247. The molecule has 3 heterocycles. The van der Waals surface area contributed by atoms with Crippen molar-refractivity contribution in [1.82, 2.24) is 4.98 Å². The van der Waals surface area contributed by atoms with Crippen molar-refractivity contribution in [2.45, 2.75) is 43.8 Å². The molecule has 2 fully saturated rings. The van der Waals surface area contributed by atoms with E-state index in [4.69, 9.17) is 11.5 Å². The third-order valence-corrected chi connectivity index (χ3v) is 4.34. The fourth-order valence-corrected chi connectivity index (χ4v) is 3.50. The summed E-state index contributed by atoms with van der Waals surface area (Å²) in [7, 11) is 0. The zero-order chi connectivity index (χ0) is 15.1. The molecule has 2 unspecified atom stereocenters. The maximum absolute atomic E-state index is 11.6. The standard InChI is InChI=1S/C13H17N5O3/c14-7-3-8-1-2-9(4-7)17(8)13-11(12(15)19)5-10(6-16-13)18(20)21/h5-9H,1-4,14H2,(H2,15,19). The van der Waals surface area contributed by atoms with Crippen molar-refractivity contribution in [3.05, 3.63) is 27.9 Å². The maximum atomic E-state index is 11.6. The molecular weight excluding hydrogens is 274 g/mol. The Morgan fingerprint density at radius 1 is 1.38 bits per heavy atom. The maximum Gasteiger partial charge on any atom is 0.288 e. The smallest absolute Gasteiger partial charge is 0.288 e. The van der Waals surface area contributed by atoms with Crippen molar-refractivity contribution in [3.8, 4) is 0 Å². The molecule has 2 aliphatic rings. The van der Waals surface area contributed by atoms with E-state index in [2.05, 4.69) is 9.88 Å². The first-order chi connectivity index (χ1) is 9.97. The van der Waals surface area contributed by atoms with Gasteiger partial charge >= 0.3 is 0 Å². The largest absolute Gasteiger partial charge is 0.365 e. The van der Waals surface area contributed by atoms with E-state index in [0.717, 1.165) is 25.7 Å². The fraction of sp³-hybridized carbons (Fsp3) is 0.538. The number of hydrogen-bond acceptors (Lipinski definition) is 6. The van der Waals surface area contributed by atoms with Crippen LogP contribution in [0.15, 0.2) is 12.3 Å². The van der Waals surface area contributed by atoms with Crippen LogP contribution < -0.4 is 16.4 Å². The second-order valence-corrected chi connectivity index (χ2v) is 5.71. The van der Waals surface area contributed by atoms with Gasteiger partial charge < -0.3 is 16.4 Å². The molecule has 0 aliphatic carbocycles. The summed E-state index contributed by atoms with van der Waals surface area (Å²) in [6.45, 7) is 0. The van der Waals surface area contributed by atoms with Gasteiger partial charge in [-0.05, 0) is 25.7 Å². The van der Waals surface area contributed by atoms with Crippen LogP contribution in [-0.2, 0) is 0 Å². The van der Waals surface area contributed by atoms with Crippen molar-refractivity contribution in [3.63, 3.8) is 0 Å². The van der Waals surface area contributed by atoms with Gasteiger partial charge in [0.05, 0.1) is 10.5 Å². The second kappa shape index (κ2) is 4.96. The Hall–Kier alpha value is -2.22. The molecule has 112 valence electrons. The van der Waals surface area contributed by atoms with Crippen LogP contribution in [-0.4, -0.2) is 33.9 Å². The molecule has 3 rings (SSSR count). The van der Waals surface area contributed by atoms with Gasteiger partial charge in [0.1, 0.15) is 12.0 Å². The minimum atomic E-state index is -0.699. The lowest BCUT2D eigenvalue weighted by atomic mass is 9.97. The van der Waals surface area contributed by atoms with Crippen molar-refractivity contribution < 1.29 is 9.72 Å². The first kappa shape index (κ1) is 13.7. The average molecular weight is 291 g/mol. The van der Waals surface area contributed by atoms with Gasteiger partial charge in [-0.1, -0.05) is 0 Å². The monoisotopic (exact) mass is 291 g/mol. The molecule has 4 N–H and O–H groups in total. The number of primary amides is 1. The normalized spacial score (nSPS) is 27.7. The van der Waals surface area contributed by atoms with E-state index in [1.807, 2.05) is 0 Å². The van der Waals surface area contributed by atoms with E-state index in [1.165, 1.54) is 12.3 Å². The summed E-state index contributed by atoms with van der Waals surface area (Å²) in [5, 5.41) is 10.8. The Labute approximate surface area is 121 Å². The van der Waals surface area contributed by atoms with Gasteiger partial charge in [-0.25, -0.2) is 4.98 Å². The number of piperidine rings is 1. The molecule has 1 aromatic heterocycles. The number of anilines is 1. The zero-order valence-electron chi connectivity index (χ0n) is 11.4. The lowest BCUT2D eigenvalue weighted by molar-refractivity contribution is -0.385. The first-order valence-electron chi connectivity index (χ1n) is 6.95. The Kier molecular flexibility index (Phi) is 3.25. The molecule has 1 aromatic rings. The number of hydrogen-bond donors (Lipinski definition) is 2. The van der Waals surface area contributed by atoms with E-state index >= 15 is 0 Å². The van der Waals surface area contributed by atoms with Crippen molar-refractivity contribution >= 4 is 17.4 Å². The number of carbonyl (C=O) groups is 1. The average Bonchev–Trinajstić information content (AvgIpc) is 2.69. The molecular formula is C13H17N5O3. The quantitative estimate of drug-likeness (QED) is 0.618. The number of nitro groups is 1. The highest BCUT2D eigenvalue weighted by Crippen LogP contribution is 2.39. The predicted molar refractivity (Wildman–Crippen MR) is 75.9 cm³/mol. The van der Waals surface area contributed by atoms with Crippen LogP contribution in [0.2, 0.25) is 0 Å². The van der Waals surface area contributed by atoms with Crippen LogP contribution in [0.3, 0.4) is 0 Å². The van der Waals surface area contributed by atoms with E-state index in [1.54, 1.807) is 0 Å². The molecule has 8 nitrogen and oxygen atoms in total. The van der Waals surface area contributed by atoms with E-state index in [-0.39, 0.29) is 29.4 Å². The summed E-state index contributed by atoms with van der Waals surface area (Å²) in [6.07, 6.45) is 4.85. The van der Waals surface area contributed by atoms with E-state index < -0.39 is 10.8 Å². The number of aromatic nitrogens is 1. The zero-order valence-corrected chi connectivity index (χ0v) is 11.4. The number of pyridine rings is 1. The van der Waals surface area contributed by atoms with Crippen LogP contribution >= 0.6 is 0 Å². The number of carbonyl (C=O) groups excluding carboxylic acids is 1. The lowest BCUT2D eigenvalue weighted by Crippen LogP contribution is -2.48. The molecule has 1 amide bonds. The van der Waals surface area contributed by atoms with Crippen molar-refractivity contribution in [2.24, 2.45) is 11.5 Å². The molecule has 0 radical (unpaired) electrons. The summed E-state index contributed by atoms with van der Waals surface area (Å²) >= 11 is 0. The highest BCUT2D eigenvalue weighted by Gasteiger charge is 2.41. The number of fused-ring (bicyclic) bond motifs is 2. The van der Waals surface area contributed by atoms with Crippen LogP contribution in [0.5, 0.6) is 0 Å². The second-order valence-electron chi connectivity index (χ2n) is 5.71. The van der Waals surface area contributed by atoms with Gasteiger partial charge in [-0.15, -0.1) is 0 Å². The topological polar surface area (TPSA) is 128 Å². The highest BCUT2D eigenvalue weighted by atomic mass is 16.6. The summed E-state index contributed by atoms with van der Waals surface area (Å²) in [5.41, 5.74) is 11.3. The van der Waals surface area contributed by atoms with Crippen molar-refractivity contribution in [2.75, 3.05) is 4.90 Å². The van der Waals surface area contributed by atoms with E-state index in [9.17, 15) is 14.9 Å². The van der Waals surface area contributed by atoms with Gasteiger partial charge in [0.15, 0.2) is 0 Å². The molecule has 21 heavy (non-hydrogen) atoms. The van der Waals surface area contributed by atoms with Crippen LogP contribution in [0.1, 0.15) is 36.0 Å². The lowest BCUT2D eigenvalue weighted by Gasteiger charge is -2.39. The first-order valence-corrected chi connectivity index (χ1v) is 6.95. The van der Waals surface area contributed by atoms with Crippen molar-refractivity contribution in [1.29, 1.82) is 0 Å². The number of nitrogens with zero attached hydrogens (tertiary/aromatic N) is 3. The third-order valence-electron chi connectivity index (χ3n) is 4.34. The molecule has 8 heteroatoms. The summed E-state index contributed by atoms with van der Waals surface area (Å²) in [4.78, 5) is 28.1. The Bertz CT molecular complexity index is 591. The van der Waals surface area contributed by atoms with Crippen LogP contribution in [0.25, 0.3) is 0 Å². The molecule has 2 bridgehead atoms. The van der Waals surface area contributed by atoms with Gasteiger partial charge in [0.2, 0.25) is 0 Å². The summed E-state index contributed by atoms with van der Waals surface area (Å²) in [6, 6.07) is 1.82.